The van der Waals surface area contributed by atoms with Gasteiger partial charge in [-0.05, 0) is 48.1 Å². The molecular formula is C19H18N2. The summed E-state index contributed by atoms with van der Waals surface area (Å²) in [5, 5.41) is 1.18. The molecule has 1 aliphatic carbocycles. The molecule has 2 N–H and O–H groups in total. The Morgan fingerprint density at radius 1 is 1.05 bits per heavy atom. The van der Waals surface area contributed by atoms with Gasteiger partial charge < -0.3 is 5.73 Å². The Bertz CT molecular complexity index is 802. The van der Waals surface area contributed by atoms with Crippen LogP contribution in [0.5, 0.6) is 0 Å². The molecule has 1 aromatic heterocycles. The molecule has 1 heterocycles. The minimum absolute atomic E-state index is 0.177. The van der Waals surface area contributed by atoms with Crippen molar-refractivity contribution >= 4 is 10.9 Å². The van der Waals surface area contributed by atoms with Gasteiger partial charge in [-0.1, -0.05) is 36.4 Å². The predicted molar refractivity (Wildman–Crippen MR) is 87.0 cm³/mol. The van der Waals surface area contributed by atoms with Gasteiger partial charge in [0.25, 0.3) is 0 Å². The van der Waals surface area contributed by atoms with Gasteiger partial charge >= 0.3 is 0 Å². The van der Waals surface area contributed by atoms with Crippen molar-refractivity contribution in [1.82, 2.24) is 4.98 Å². The number of aromatic nitrogens is 1. The molecule has 0 bridgehead atoms. The summed E-state index contributed by atoms with van der Waals surface area (Å²) in [7, 11) is 0. The van der Waals surface area contributed by atoms with Crippen molar-refractivity contribution in [2.24, 2.45) is 5.73 Å². The second kappa shape index (κ2) is 4.97. The van der Waals surface area contributed by atoms with Gasteiger partial charge in [0, 0.05) is 23.2 Å². The van der Waals surface area contributed by atoms with Crippen LogP contribution in [0.25, 0.3) is 22.0 Å². The molecular weight excluding hydrogens is 256 g/mol. The standard InChI is InChI=1S/C19H18N2/c20-18-8-2-4-13-9-10-15(12-17(13)18)16-7-1-5-14-6-3-11-21-19(14)16/h1,3,5-7,9-12,18H,2,4,8,20H2. The van der Waals surface area contributed by atoms with Crippen molar-refractivity contribution in [1.29, 1.82) is 0 Å². The molecule has 4 rings (SSSR count). The van der Waals surface area contributed by atoms with Crippen LogP contribution < -0.4 is 5.73 Å². The lowest BCUT2D eigenvalue weighted by molar-refractivity contribution is 0.571. The van der Waals surface area contributed by atoms with Crippen LogP contribution in [0.1, 0.15) is 30.0 Å². The maximum absolute atomic E-state index is 6.29. The van der Waals surface area contributed by atoms with Crippen molar-refractivity contribution in [2.75, 3.05) is 0 Å². The third-order valence-electron chi connectivity index (χ3n) is 4.45. The van der Waals surface area contributed by atoms with Crippen molar-refractivity contribution in [3.8, 4) is 11.1 Å². The molecule has 0 radical (unpaired) electrons. The summed E-state index contributed by atoms with van der Waals surface area (Å²) < 4.78 is 0. The quantitative estimate of drug-likeness (QED) is 0.721. The van der Waals surface area contributed by atoms with Crippen LogP contribution in [0, 0.1) is 0 Å². The van der Waals surface area contributed by atoms with Crippen LogP contribution in [-0.2, 0) is 6.42 Å². The Hall–Kier alpha value is -2.19. The number of aryl methyl sites for hydroxylation is 1. The minimum Gasteiger partial charge on any atom is -0.324 e. The Morgan fingerprint density at radius 3 is 2.90 bits per heavy atom. The number of fused-ring (bicyclic) bond motifs is 2. The van der Waals surface area contributed by atoms with E-state index in [0.29, 0.717) is 0 Å². The van der Waals surface area contributed by atoms with Gasteiger partial charge in [0.1, 0.15) is 0 Å². The Balaban J connectivity index is 1.91. The van der Waals surface area contributed by atoms with Crippen LogP contribution in [0.2, 0.25) is 0 Å². The zero-order valence-electron chi connectivity index (χ0n) is 11.9. The Labute approximate surface area is 124 Å². The van der Waals surface area contributed by atoms with Crippen LogP contribution in [0.3, 0.4) is 0 Å². The number of para-hydroxylation sites is 1. The zero-order valence-corrected chi connectivity index (χ0v) is 11.9. The number of nitrogens with zero attached hydrogens (tertiary/aromatic N) is 1. The van der Waals surface area contributed by atoms with E-state index in [0.717, 1.165) is 18.4 Å². The minimum atomic E-state index is 0.177. The highest BCUT2D eigenvalue weighted by molar-refractivity contribution is 5.93. The van der Waals surface area contributed by atoms with Crippen molar-refractivity contribution in [3.05, 3.63) is 65.9 Å². The van der Waals surface area contributed by atoms with Crippen LogP contribution in [0.4, 0.5) is 0 Å². The van der Waals surface area contributed by atoms with Gasteiger partial charge in [0.2, 0.25) is 0 Å². The first-order valence-electron chi connectivity index (χ1n) is 7.55. The molecule has 0 saturated carbocycles. The Morgan fingerprint density at radius 2 is 1.95 bits per heavy atom. The van der Waals surface area contributed by atoms with Crippen LogP contribution in [0.15, 0.2) is 54.7 Å². The van der Waals surface area contributed by atoms with Gasteiger partial charge in [0.15, 0.2) is 0 Å². The SMILES string of the molecule is NC1CCCc2ccc(-c3cccc4cccnc34)cc21. The van der Waals surface area contributed by atoms with Crippen molar-refractivity contribution < 1.29 is 0 Å². The van der Waals surface area contributed by atoms with E-state index in [4.69, 9.17) is 5.73 Å². The first-order chi connectivity index (χ1) is 10.3. The maximum atomic E-state index is 6.29. The number of pyridine rings is 1. The third kappa shape index (κ3) is 2.12. The molecule has 0 amide bonds. The van der Waals surface area contributed by atoms with Crippen molar-refractivity contribution in [3.63, 3.8) is 0 Å². The second-order valence-corrected chi connectivity index (χ2v) is 5.79. The molecule has 0 spiro atoms. The number of benzene rings is 2. The fourth-order valence-electron chi connectivity index (χ4n) is 3.34. The van der Waals surface area contributed by atoms with E-state index in [2.05, 4.69) is 47.4 Å². The highest BCUT2D eigenvalue weighted by Crippen LogP contribution is 2.33. The molecule has 0 fully saturated rings. The highest BCUT2D eigenvalue weighted by Gasteiger charge is 2.17. The molecule has 3 aromatic rings. The average Bonchev–Trinajstić information content (AvgIpc) is 2.54. The summed E-state index contributed by atoms with van der Waals surface area (Å²) in [5.41, 5.74) is 12.5. The molecule has 0 saturated heterocycles. The maximum Gasteiger partial charge on any atom is 0.0780 e. The Kier molecular flexibility index (Phi) is 2.97. The normalized spacial score (nSPS) is 17.7. The highest BCUT2D eigenvalue weighted by atomic mass is 14.7. The van der Waals surface area contributed by atoms with E-state index in [1.807, 2.05) is 12.3 Å². The topological polar surface area (TPSA) is 38.9 Å². The predicted octanol–water partition coefficient (Wildman–Crippen LogP) is 4.24. The number of hydrogen-bond acceptors (Lipinski definition) is 2. The van der Waals surface area contributed by atoms with Crippen molar-refractivity contribution in [2.45, 2.75) is 25.3 Å². The lowest BCUT2D eigenvalue weighted by atomic mass is 9.86. The first kappa shape index (κ1) is 12.5. The molecule has 2 aromatic carbocycles. The second-order valence-electron chi connectivity index (χ2n) is 5.79. The number of hydrogen-bond donors (Lipinski definition) is 1. The number of nitrogens with two attached hydrogens (primary N) is 1. The lowest BCUT2D eigenvalue weighted by Gasteiger charge is -2.23. The first-order valence-corrected chi connectivity index (χ1v) is 7.55. The lowest BCUT2D eigenvalue weighted by Crippen LogP contribution is -2.17. The summed E-state index contributed by atoms with van der Waals surface area (Å²) in [4.78, 5) is 4.56. The smallest absolute Gasteiger partial charge is 0.0780 e. The largest absolute Gasteiger partial charge is 0.324 e. The van der Waals surface area contributed by atoms with Gasteiger partial charge in [-0.3, -0.25) is 4.98 Å². The third-order valence-corrected chi connectivity index (χ3v) is 4.45. The molecule has 2 nitrogen and oxygen atoms in total. The van der Waals surface area contributed by atoms with E-state index < -0.39 is 0 Å². The van der Waals surface area contributed by atoms with Gasteiger partial charge in [0.05, 0.1) is 5.52 Å². The van der Waals surface area contributed by atoms with E-state index in [9.17, 15) is 0 Å². The molecule has 21 heavy (non-hydrogen) atoms. The summed E-state index contributed by atoms with van der Waals surface area (Å²) in [5.74, 6) is 0. The number of rotatable bonds is 1. The monoisotopic (exact) mass is 274 g/mol. The molecule has 1 aliphatic rings. The van der Waals surface area contributed by atoms with Gasteiger partial charge in [-0.15, -0.1) is 0 Å². The summed E-state index contributed by atoms with van der Waals surface area (Å²) >= 11 is 0. The zero-order chi connectivity index (χ0) is 14.2. The van der Waals surface area contributed by atoms with Gasteiger partial charge in [-0.25, -0.2) is 0 Å². The van der Waals surface area contributed by atoms with Gasteiger partial charge in [-0.2, -0.15) is 0 Å². The fraction of sp³-hybridized carbons (Fsp3) is 0.211. The summed E-state index contributed by atoms with van der Waals surface area (Å²) in [6, 6.07) is 17.3. The van der Waals surface area contributed by atoms with Crippen LogP contribution >= 0.6 is 0 Å². The van der Waals surface area contributed by atoms with E-state index >= 15 is 0 Å². The molecule has 104 valence electrons. The van der Waals surface area contributed by atoms with E-state index in [-0.39, 0.29) is 6.04 Å². The van der Waals surface area contributed by atoms with E-state index in [1.165, 1.54) is 34.1 Å². The van der Waals surface area contributed by atoms with Crippen LogP contribution in [-0.4, -0.2) is 4.98 Å². The molecule has 2 heteroatoms. The average molecular weight is 274 g/mol. The molecule has 1 atom stereocenters. The fourth-order valence-corrected chi connectivity index (χ4v) is 3.34. The molecule has 1 unspecified atom stereocenters. The molecule has 0 aliphatic heterocycles. The summed E-state index contributed by atoms with van der Waals surface area (Å²) in [6.07, 6.45) is 5.29. The van der Waals surface area contributed by atoms with E-state index in [1.54, 1.807) is 0 Å². The summed E-state index contributed by atoms with van der Waals surface area (Å²) in [6.45, 7) is 0.